The normalized spacial score (nSPS) is 11.6. The molecule has 6 nitrogen and oxygen atoms in total. The highest BCUT2D eigenvalue weighted by Crippen LogP contribution is 2.21. The quantitative estimate of drug-likeness (QED) is 0.886. The highest BCUT2D eigenvalue weighted by Gasteiger charge is 2.12. The van der Waals surface area contributed by atoms with E-state index in [0.29, 0.717) is 11.5 Å². The van der Waals surface area contributed by atoms with Crippen molar-refractivity contribution in [3.05, 3.63) is 42.7 Å². The number of carboxylic acids is 1. The van der Waals surface area contributed by atoms with E-state index < -0.39 is 12.1 Å². The molecule has 19 heavy (non-hydrogen) atoms. The molecule has 6 heteroatoms. The van der Waals surface area contributed by atoms with Crippen molar-refractivity contribution in [2.24, 2.45) is 0 Å². The summed E-state index contributed by atoms with van der Waals surface area (Å²) < 4.78 is 10.6. The Labute approximate surface area is 109 Å². The summed E-state index contributed by atoms with van der Waals surface area (Å²) in [6.45, 7) is 1.46. The van der Waals surface area contributed by atoms with E-state index in [9.17, 15) is 4.79 Å². The Morgan fingerprint density at radius 3 is 2.32 bits per heavy atom. The van der Waals surface area contributed by atoms with Crippen LogP contribution in [0.1, 0.15) is 6.92 Å². The van der Waals surface area contributed by atoms with Crippen LogP contribution in [0.3, 0.4) is 0 Å². The average Bonchev–Trinajstić information content (AvgIpc) is 2.42. The molecule has 1 heterocycles. The van der Waals surface area contributed by atoms with Gasteiger partial charge < -0.3 is 14.6 Å². The smallest absolute Gasteiger partial charge is 0.344 e. The highest BCUT2D eigenvalue weighted by molar-refractivity contribution is 5.72. The molecular weight excluding hydrogens is 248 g/mol. The number of carboxylic acid groups (broad SMARTS) is 1. The molecule has 1 aromatic carbocycles. The summed E-state index contributed by atoms with van der Waals surface area (Å²) in [5, 5.41) is 8.73. The predicted molar refractivity (Wildman–Crippen MR) is 66.3 cm³/mol. The van der Waals surface area contributed by atoms with Crippen LogP contribution in [0.4, 0.5) is 0 Å². The minimum absolute atomic E-state index is 0.245. The van der Waals surface area contributed by atoms with Gasteiger partial charge >= 0.3 is 12.0 Å². The molecule has 1 atom stereocenters. The van der Waals surface area contributed by atoms with Crippen molar-refractivity contribution < 1.29 is 19.4 Å². The summed E-state index contributed by atoms with van der Waals surface area (Å²) in [5.41, 5.74) is 0. The Bertz CT molecular complexity index is 542. The van der Waals surface area contributed by atoms with Crippen molar-refractivity contribution in [1.29, 1.82) is 0 Å². The molecule has 0 aliphatic carbocycles. The lowest BCUT2D eigenvalue weighted by Gasteiger charge is -2.10. The number of ether oxygens (including phenoxy) is 2. The SMILES string of the molecule is CC(Oc1ccc(Oc2ncccn2)cc1)C(=O)O. The van der Waals surface area contributed by atoms with Gasteiger partial charge in [-0.3, -0.25) is 0 Å². The zero-order chi connectivity index (χ0) is 13.7. The van der Waals surface area contributed by atoms with E-state index in [-0.39, 0.29) is 6.01 Å². The molecule has 0 amide bonds. The summed E-state index contributed by atoms with van der Waals surface area (Å²) in [6, 6.07) is 8.49. The molecule has 98 valence electrons. The summed E-state index contributed by atoms with van der Waals surface area (Å²) in [7, 11) is 0. The third-order valence-corrected chi connectivity index (χ3v) is 2.24. The molecule has 1 N–H and O–H groups in total. The van der Waals surface area contributed by atoms with Gasteiger partial charge in [-0.25, -0.2) is 14.8 Å². The van der Waals surface area contributed by atoms with Crippen LogP contribution in [0.2, 0.25) is 0 Å². The van der Waals surface area contributed by atoms with Gasteiger partial charge in [-0.15, -0.1) is 0 Å². The molecule has 1 unspecified atom stereocenters. The van der Waals surface area contributed by atoms with Crippen molar-refractivity contribution in [1.82, 2.24) is 9.97 Å². The highest BCUT2D eigenvalue weighted by atomic mass is 16.5. The van der Waals surface area contributed by atoms with Crippen LogP contribution in [-0.2, 0) is 4.79 Å². The monoisotopic (exact) mass is 260 g/mol. The molecule has 0 saturated carbocycles. The van der Waals surface area contributed by atoms with E-state index in [1.54, 1.807) is 42.7 Å². The molecule has 0 saturated heterocycles. The van der Waals surface area contributed by atoms with Gasteiger partial charge in [-0.05, 0) is 37.3 Å². The summed E-state index contributed by atoms with van der Waals surface area (Å²) >= 11 is 0. The Kier molecular flexibility index (Phi) is 3.92. The molecule has 0 aliphatic rings. The van der Waals surface area contributed by atoms with Crippen LogP contribution >= 0.6 is 0 Å². The van der Waals surface area contributed by atoms with Crippen molar-refractivity contribution in [3.8, 4) is 17.5 Å². The van der Waals surface area contributed by atoms with Crippen LogP contribution in [0.15, 0.2) is 42.7 Å². The van der Waals surface area contributed by atoms with Crippen LogP contribution in [0.5, 0.6) is 17.5 Å². The van der Waals surface area contributed by atoms with Crippen LogP contribution in [-0.4, -0.2) is 27.1 Å². The first-order valence-electron chi connectivity index (χ1n) is 5.59. The number of rotatable bonds is 5. The zero-order valence-electron chi connectivity index (χ0n) is 10.2. The number of aromatic nitrogens is 2. The van der Waals surface area contributed by atoms with E-state index in [1.165, 1.54) is 6.92 Å². The van der Waals surface area contributed by atoms with Crippen LogP contribution in [0, 0.1) is 0 Å². The minimum Gasteiger partial charge on any atom is -0.479 e. The van der Waals surface area contributed by atoms with Gasteiger partial charge in [-0.2, -0.15) is 0 Å². The predicted octanol–water partition coefficient (Wildman–Crippen LogP) is 2.12. The van der Waals surface area contributed by atoms with Crippen molar-refractivity contribution in [3.63, 3.8) is 0 Å². The van der Waals surface area contributed by atoms with Crippen molar-refractivity contribution in [2.45, 2.75) is 13.0 Å². The maximum atomic E-state index is 10.6. The number of nitrogens with zero attached hydrogens (tertiary/aromatic N) is 2. The average molecular weight is 260 g/mol. The lowest BCUT2D eigenvalue weighted by molar-refractivity contribution is -0.144. The minimum atomic E-state index is -1.02. The first-order valence-corrected chi connectivity index (χ1v) is 5.59. The van der Waals surface area contributed by atoms with E-state index in [1.807, 2.05) is 0 Å². The molecule has 2 rings (SSSR count). The van der Waals surface area contributed by atoms with Gasteiger partial charge in [0, 0.05) is 12.4 Å². The largest absolute Gasteiger partial charge is 0.479 e. The van der Waals surface area contributed by atoms with E-state index >= 15 is 0 Å². The number of hydrogen-bond donors (Lipinski definition) is 1. The van der Waals surface area contributed by atoms with E-state index in [0.717, 1.165) is 0 Å². The second-order valence-electron chi connectivity index (χ2n) is 3.70. The van der Waals surface area contributed by atoms with Gasteiger partial charge in [0.05, 0.1) is 0 Å². The molecule has 1 aromatic heterocycles. The van der Waals surface area contributed by atoms with Gasteiger partial charge in [0.15, 0.2) is 6.10 Å². The van der Waals surface area contributed by atoms with Crippen LogP contribution < -0.4 is 9.47 Å². The Morgan fingerprint density at radius 2 is 1.74 bits per heavy atom. The molecule has 0 bridgehead atoms. The van der Waals surface area contributed by atoms with Gasteiger partial charge in [-0.1, -0.05) is 0 Å². The maximum absolute atomic E-state index is 10.6. The fourth-order valence-corrected chi connectivity index (χ4v) is 1.28. The fourth-order valence-electron chi connectivity index (χ4n) is 1.28. The third kappa shape index (κ3) is 3.67. The Morgan fingerprint density at radius 1 is 1.16 bits per heavy atom. The van der Waals surface area contributed by atoms with Crippen LogP contribution in [0.25, 0.3) is 0 Å². The Hall–Kier alpha value is -2.63. The molecule has 0 aliphatic heterocycles. The zero-order valence-corrected chi connectivity index (χ0v) is 10.2. The van der Waals surface area contributed by atoms with Crippen molar-refractivity contribution >= 4 is 5.97 Å². The third-order valence-electron chi connectivity index (χ3n) is 2.24. The molecule has 0 spiro atoms. The summed E-state index contributed by atoms with van der Waals surface area (Å²) in [6.07, 6.45) is 2.26. The standard InChI is InChI=1S/C13H12N2O4/c1-9(12(16)17)18-10-3-5-11(6-4-10)19-13-14-7-2-8-15-13/h2-9H,1H3,(H,16,17). The summed E-state index contributed by atoms with van der Waals surface area (Å²) in [5.74, 6) is -0.0178. The van der Waals surface area contributed by atoms with Crippen molar-refractivity contribution in [2.75, 3.05) is 0 Å². The summed E-state index contributed by atoms with van der Waals surface area (Å²) in [4.78, 5) is 18.5. The lowest BCUT2D eigenvalue weighted by atomic mass is 10.3. The molecule has 0 radical (unpaired) electrons. The number of aliphatic carboxylic acids is 1. The number of benzene rings is 1. The van der Waals surface area contributed by atoms with Gasteiger partial charge in [0.25, 0.3) is 0 Å². The molecule has 2 aromatic rings. The second-order valence-corrected chi connectivity index (χ2v) is 3.70. The first kappa shape index (κ1) is 12.8. The van der Waals surface area contributed by atoms with E-state index in [4.69, 9.17) is 14.6 Å². The number of hydrogen-bond acceptors (Lipinski definition) is 5. The Balaban J connectivity index is 2.01. The lowest BCUT2D eigenvalue weighted by Crippen LogP contribution is -2.22. The molecule has 0 fully saturated rings. The first-order chi connectivity index (χ1) is 9.15. The van der Waals surface area contributed by atoms with Gasteiger partial charge in [0.1, 0.15) is 11.5 Å². The second kappa shape index (κ2) is 5.81. The maximum Gasteiger partial charge on any atom is 0.344 e. The molecular formula is C13H12N2O4. The fraction of sp³-hybridized carbons (Fsp3) is 0.154. The van der Waals surface area contributed by atoms with E-state index in [2.05, 4.69) is 9.97 Å². The topological polar surface area (TPSA) is 81.5 Å². The number of carbonyl (C=O) groups is 1. The van der Waals surface area contributed by atoms with Gasteiger partial charge in [0.2, 0.25) is 0 Å².